The van der Waals surface area contributed by atoms with Gasteiger partial charge in [0, 0.05) is 22.6 Å². The Morgan fingerprint density at radius 1 is 0.800 bits per heavy atom. The van der Waals surface area contributed by atoms with Gasteiger partial charge in [-0.1, -0.05) is 68.0 Å². The molecule has 0 radical (unpaired) electrons. The molecule has 3 aromatic rings. The molecule has 1 heterocycles. The minimum absolute atomic E-state index is 0.00903. The lowest BCUT2D eigenvalue weighted by Crippen LogP contribution is -2.27. The first-order valence-corrected chi connectivity index (χ1v) is 11.8. The van der Waals surface area contributed by atoms with E-state index in [9.17, 15) is 17.6 Å². The molecule has 1 aliphatic rings. The summed E-state index contributed by atoms with van der Waals surface area (Å²) >= 11 is 0. The Kier molecular flexibility index (Phi) is 8.04. The summed E-state index contributed by atoms with van der Waals surface area (Å²) in [6.07, 6.45) is 3.72. The predicted molar refractivity (Wildman–Crippen MR) is 129 cm³/mol. The van der Waals surface area contributed by atoms with Gasteiger partial charge in [-0.3, -0.25) is 0 Å². The third-order valence-electron chi connectivity index (χ3n) is 6.30. The van der Waals surface area contributed by atoms with Crippen molar-refractivity contribution in [3.05, 3.63) is 95.6 Å². The van der Waals surface area contributed by atoms with E-state index in [0.29, 0.717) is 42.7 Å². The molecule has 184 valence electrons. The molecular weight excluding hydrogens is 456 g/mol. The number of ether oxygens (including phenoxy) is 2. The van der Waals surface area contributed by atoms with Crippen LogP contribution in [0.4, 0.5) is 17.6 Å². The molecule has 0 spiro atoms. The highest BCUT2D eigenvalue weighted by atomic mass is 19.2. The molecule has 0 aliphatic carbocycles. The molecule has 1 fully saturated rings. The van der Waals surface area contributed by atoms with Crippen molar-refractivity contribution in [1.29, 1.82) is 0 Å². The number of benzene rings is 3. The molecule has 4 rings (SSSR count). The van der Waals surface area contributed by atoms with Gasteiger partial charge in [-0.25, -0.2) is 17.6 Å². The summed E-state index contributed by atoms with van der Waals surface area (Å²) < 4.78 is 70.2. The van der Waals surface area contributed by atoms with Gasteiger partial charge in [-0.05, 0) is 36.0 Å². The van der Waals surface area contributed by atoms with Crippen LogP contribution in [-0.4, -0.2) is 13.2 Å². The van der Waals surface area contributed by atoms with Crippen molar-refractivity contribution in [2.45, 2.75) is 38.9 Å². The van der Waals surface area contributed by atoms with E-state index in [2.05, 4.69) is 6.58 Å². The topological polar surface area (TPSA) is 18.5 Å². The minimum Gasteiger partial charge on any atom is -0.348 e. The van der Waals surface area contributed by atoms with E-state index in [4.69, 9.17) is 9.47 Å². The zero-order valence-corrected chi connectivity index (χ0v) is 19.6. The van der Waals surface area contributed by atoms with E-state index in [-0.39, 0.29) is 22.6 Å². The van der Waals surface area contributed by atoms with Gasteiger partial charge in [-0.15, -0.1) is 6.58 Å². The lowest BCUT2D eigenvalue weighted by Gasteiger charge is -2.29. The standard InChI is InChI=1S/C29H28F4O2/c1-3-5-7-18-16-34-29(35-17-18)24-15-14-23(27(32)28(24)33)20-10-8-19(9-11-20)22-13-12-21(6-4-2)25(30)26(22)31/h3,8-15,18,29H,1,4-7,16-17H2,2H3. The number of allylic oxidation sites excluding steroid dienone is 1. The maximum absolute atomic E-state index is 15.0. The van der Waals surface area contributed by atoms with Crippen molar-refractivity contribution < 1.29 is 27.0 Å². The summed E-state index contributed by atoms with van der Waals surface area (Å²) in [5.74, 6) is -3.62. The molecule has 35 heavy (non-hydrogen) atoms. The molecule has 1 saturated heterocycles. The Labute approximate surface area is 203 Å². The van der Waals surface area contributed by atoms with Crippen LogP contribution in [0.25, 0.3) is 22.3 Å². The van der Waals surface area contributed by atoms with Crippen molar-refractivity contribution in [2.75, 3.05) is 13.2 Å². The number of aryl methyl sites for hydroxylation is 1. The van der Waals surface area contributed by atoms with Crippen molar-refractivity contribution in [3.63, 3.8) is 0 Å². The van der Waals surface area contributed by atoms with Gasteiger partial charge in [0.25, 0.3) is 0 Å². The SMILES string of the molecule is C=CCCC1COC(c2ccc(-c3ccc(-c4ccc(CCC)c(F)c4F)cc3)c(F)c2F)OC1. The van der Waals surface area contributed by atoms with Crippen molar-refractivity contribution in [2.24, 2.45) is 5.92 Å². The Bertz CT molecular complexity index is 1180. The largest absolute Gasteiger partial charge is 0.348 e. The fraction of sp³-hybridized carbons (Fsp3) is 0.310. The maximum Gasteiger partial charge on any atom is 0.186 e. The molecule has 1 aliphatic heterocycles. The highest BCUT2D eigenvalue weighted by Gasteiger charge is 2.27. The Morgan fingerprint density at radius 3 is 1.94 bits per heavy atom. The quantitative estimate of drug-likeness (QED) is 0.237. The Hall–Kier alpha value is -2.96. The van der Waals surface area contributed by atoms with E-state index in [0.717, 1.165) is 12.8 Å². The van der Waals surface area contributed by atoms with Crippen LogP contribution in [-0.2, 0) is 15.9 Å². The third kappa shape index (κ3) is 5.34. The van der Waals surface area contributed by atoms with Crippen molar-refractivity contribution >= 4 is 0 Å². The van der Waals surface area contributed by atoms with Gasteiger partial charge in [0.05, 0.1) is 13.2 Å². The highest BCUT2D eigenvalue weighted by Crippen LogP contribution is 2.35. The molecule has 0 unspecified atom stereocenters. The van der Waals surface area contributed by atoms with E-state index in [1.165, 1.54) is 12.1 Å². The van der Waals surface area contributed by atoms with E-state index in [1.807, 2.05) is 13.0 Å². The van der Waals surface area contributed by atoms with Gasteiger partial charge >= 0.3 is 0 Å². The zero-order chi connectivity index (χ0) is 24.9. The van der Waals surface area contributed by atoms with Crippen LogP contribution in [0.5, 0.6) is 0 Å². The average Bonchev–Trinajstić information content (AvgIpc) is 2.88. The number of rotatable bonds is 8. The Balaban J connectivity index is 1.53. The number of hydrogen-bond acceptors (Lipinski definition) is 2. The lowest BCUT2D eigenvalue weighted by atomic mass is 9.97. The summed E-state index contributed by atoms with van der Waals surface area (Å²) in [7, 11) is 0. The van der Waals surface area contributed by atoms with Gasteiger partial charge in [0.1, 0.15) is 0 Å². The molecule has 0 N–H and O–H groups in total. The summed E-state index contributed by atoms with van der Waals surface area (Å²) in [6.45, 7) is 6.40. The van der Waals surface area contributed by atoms with Gasteiger partial charge < -0.3 is 9.47 Å². The second-order valence-electron chi connectivity index (χ2n) is 8.79. The molecule has 3 aromatic carbocycles. The van der Waals surface area contributed by atoms with Crippen LogP contribution in [0.3, 0.4) is 0 Å². The smallest absolute Gasteiger partial charge is 0.186 e. The second-order valence-corrected chi connectivity index (χ2v) is 8.79. The van der Waals surface area contributed by atoms with Gasteiger partial charge in [0.15, 0.2) is 29.6 Å². The normalized spacial score (nSPS) is 18.0. The average molecular weight is 485 g/mol. The third-order valence-corrected chi connectivity index (χ3v) is 6.30. The predicted octanol–water partition coefficient (Wildman–Crippen LogP) is 8.16. The molecule has 0 saturated carbocycles. The molecule has 2 nitrogen and oxygen atoms in total. The summed E-state index contributed by atoms with van der Waals surface area (Å²) in [5.41, 5.74) is 1.38. The molecular formula is C29H28F4O2. The molecule has 0 bridgehead atoms. The molecule has 6 heteroatoms. The van der Waals surface area contributed by atoms with Crippen LogP contribution in [0.15, 0.2) is 61.2 Å². The maximum atomic E-state index is 15.0. The minimum atomic E-state index is -1.03. The van der Waals surface area contributed by atoms with Crippen molar-refractivity contribution in [1.82, 2.24) is 0 Å². The van der Waals surface area contributed by atoms with Crippen LogP contribution in [0.1, 0.15) is 43.6 Å². The first-order valence-electron chi connectivity index (χ1n) is 11.8. The highest BCUT2D eigenvalue weighted by molar-refractivity contribution is 5.71. The number of hydrogen-bond donors (Lipinski definition) is 0. The second kappa shape index (κ2) is 11.2. The van der Waals surface area contributed by atoms with Crippen LogP contribution in [0.2, 0.25) is 0 Å². The molecule has 0 atom stereocenters. The van der Waals surface area contributed by atoms with E-state index >= 15 is 0 Å². The summed E-state index contributed by atoms with van der Waals surface area (Å²) in [6, 6.07) is 12.3. The Morgan fingerprint density at radius 2 is 1.37 bits per heavy atom. The summed E-state index contributed by atoms with van der Waals surface area (Å²) in [5, 5.41) is 0. The number of halogens is 4. The zero-order valence-electron chi connectivity index (χ0n) is 19.6. The van der Waals surface area contributed by atoms with Gasteiger partial charge in [-0.2, -0.15) is 0 Å². The van der Waals surface area contributed by atoms with E-state index < -0.39 is 29.6 Å². The van der Waals surface area contributed by atoms with Crippen LogP contribution >= 0.6 is 0 Å². The summed E-state index contributed by atoms with van der Waals surface area (Å²) in [4.78, 5) is 0. The first-order chi connectivity index (χ1) is 16.9. The first kappa shape index (κ1) is 25.1. The van der Waals surface area contributed by atoms with Crippen molar-refractivity contribution in [3.8, 4) is 22.3 Å². The van der Waals surface area contributed by atoms with E-state index in [1.54, 1.807) is 36.4 Å². The fourth-order valence-corrected chi connectivity index (χ4v) is 4.32. The molecule has 0 amide bonds. The van der Waals surface area contributed by atoms with Crippen LogP contribution in [0, 0.1) is 29.2 Å². The monoisotopic (exact) mass is 484 g/mol. The lowest BCUT2D eigenvalue weighted by molar-refractivity contribution is -0.207. The van der Waals surface area contributed by atoms with Crippen LogP contribution < -0.4 is 0 Å². The molecule has 0 aromatic heterocycles. The fourth-order valence-electron chi connectivity index (χ4n) is 4.32. The van der Waals surface area contributed by atoms with Gasteiger partial charge in [0.2, 0.25) is 0 Å².